The summed E-state index contributed by atoms with van der Waals surface area (Å²) in [5.74, 6) is 0.477. The molecule has 1 saturated carbocycles. The molecule has 0 saturated heterocycles. The van der Waals surface area contributed by atoms with E-state index in [4.69, 9.17) is 9.73 Å². The number of carbonyl (C=O) groups is 1. The van der Waals surface area contributed by atoms with E-state index in [-0.39, 0.29) is 12.0 Å². The van der Waals surface area contributed by atoms with E-state index in [2.05, 4.69) is 41.3 Å². The van der Waals surface area contributed by atoms with Crippen molar-refractivity contribution in [1.82, 2.24) is 20.5 Å². The molecule has 8 heteroatoms. The number of aromatic nitrogens is 1. The molecule has 2 N–H and O–H groups in total. The first kappa shape index (κ1) is 22.6. The normalized spacial score (nSPS) is 15.8. The summed E-state index contributed by atoms with van der Waals surface area (Å²) in [7, 11) is 0. The van der Waals surface area contributed by atoms with Gasteiger partial charge >= 0.3 is 5.97 Å². The largest absolute Gasteiger partial charge is 0.462 e. The van der Waals surface area contributed by atoms with Gasteiger partial charge in [-0.15, -0.1) is 11.3 Å². The average molecular weight is 410 g/mol. The minimum Gasteiger partial charge on any atom is -0.462 e. The van der Waals surface area contributed by atoms with E-state index in [0.29, 0.717) is 23.2 Å². The summed E-state index contributed by atoms with van der Waals surface area (Å²) in [6.45, 7) is 15.1. The zero-order chi connectivity index (χ0) is 20.7. The van der Waals surface area contributed by atoms with E-state index >= 15 is 0 Å². The molecule has 2 rings (SSSR count). The average Bonchev–Trinajstić information content (AvgIpc) is 3.39. The quantitative estimate of drug-likeness (QED) is 0.351. The van der Waals surface area contributed by atoms with Gasteiger partial charge in [-0.25, -0.2) is 9.78 Å². The first-order valence-electron chi connectivity index (χ1n) is 10.3. The fourth-order valence-electron chi connectivity index (χ4n) is 3.12. The Labute approximate surface area is 173 Å². The third-order valence-electron chi connectivity index (χ3n) is 4.65. The number of rotatable bonds is 10. The van der Waals surface area contributed by atoms with Crippen LogP contribution in [-0.2, 0) is 4.74 Å². The molecule has 1 aromatic heterocycles. The zero-order valence-electron chi connectivity index (χ0n) is 18.0. The van der Waals surface area contributed by atoms with Crippen LogP contribution in [0.3, 0.4) is 0 Å². The minimum absolute atomic E-state index is 0.0469. The number of hydrogen-bond donors (Lipinski definition) is 2. The van der Waals surface area contributed by atoms with E-state index in [0.717, 1.165) is 36.6 Å². The highest BCUT2D eigenvalue weighted by Crippen LogP contribution is 2.28. The first-order chi connectivity index (χ1) is 13.4. The smallest absolute Gasteiger partial charge is 0.350 e. The summed E-state index contributed by atoms with van der Waals surface area (Å²) in [4.78, 5) is 24.4. The molecule has 0 aliphatic heterocycles. The number of carbonyl (C=O) groups excluding carboxylic acids is 1. The van der Waals surface area contributed by atoms with Gasteiger partial charge in [0.25, 0.3) is 0 Å². The molecular formula is C20H35N5O2S. The Morgan fingerprint density at radius 3 is 2.64 bits per heavy atom. The third kappa shape index (κ3) is 6.44. The van der Waals surface area contributed by atoms with Crippen molar-refractivity contribution in [2.75, 3.05) is 26.2 Å². The monoisotopic (exact) mass is 409 g/mol. The van der Waals surface area contributed by atoms with Gasteiger partial charge in [-0.2, -0.15) is 0 Å². The van der Waals surface area contributed by atoms with Crippen LogP contribution in [0.2, 0.25) is 0 Å². The summed E-state index contributed by atoms with van der Waals surface area (Å²) in [6, 6.07) is 1.25. The molecule has 158 valence electrons. The Hall–Kier alpha value is -1.67. The lowest BCUT2D eigenvalue weighted by Crippen LogP contribution is -2.40. The highest BCUT2D eigenvalue weighted by Gasteiger charge is 2.30. The Morgan fingerprint density at radius 1 is 1.36 bits per heavy atom. The van der Waals surface area contributed by atoms with Crippen molar-refractivity contribution in [1.29, 1.82) is 0 Å². The molecule has 1 aromatic rings. The molecule has 1 heterocycles. The molecule has 0 amide bonds. The molecule has 0 spiro atoms. The van der Waals surface area contributed by atoms with Crippen molar-refractivity contribution >= 4 is 23.3 Å². The minimum atomic E-state index is -0.301. The van der Waals surface area contributed by atoms with Crippen LogP contribution in [0.25, 0.3) is 0 Å². The summed E-state index contributed by atoms with van der Waals surface area (Å²) >= 11 is 1.38. The van der Waals surface area contributed by atoms with Crippen molar-refractivity contribution in [3.63, 3.8) is 0 Å². The zero-order valence-corrected chi connectivity index (χ0v) is 18.9. The van der Waals surface area contributed by atoms with Gasteiger partial charge in [0.2, 0.25) is 0 Å². The lowest BCUT2D eigenvalue weighted by atomic mass is 10.3. The fourth-order valence-corrected chi connectivity index (χ4v) is 4.08. The van der Waals surface area contributed by atoms with Gasteiger partial charge in [-0.05, 0) is 54.4 Å². The standard InChI is InChI=1S/C20H35N5O2S/c1-7-21-20(22-11-12-25(13(3)4)16-9-10-16)24-15(6)18-23-14(5)17(28-18)19(26)27-8-2/h13,15-16H,7-12H2,1-6H3,(H2,21,22,24). The van der Waals surface area contributed by atoms with E-state index in [1.807, 2.05) is 20.8 Å². The summed E-state index contributed by atoms with van der Waals surface area (Å²) in [6.07, 6.45) is 2.62. The number of aliphatic imine (C=N–C) groups is 1. The maximum atomic E-state index is 12.0. The number of esters is 1. The van der Waals surface area contributed by atoms with Crippen LogP contribution in [0.4, 0.5) is 0 Å². The third-order valence-corrected chi connectivity index (χ3v) is 5.97. The molecule has 1 aliphatic rings. The Morgan fingerprint density at radius 2 is 2.07 bits per heavy atom. The van der Waals surface area contributed by atoms with Crippen LogP contribution in [0.15, 0.2) is 4.99 Å². The number of aryl methyl sites for hydroxylation is 1. The molecular weight excluding hydrogens is 374 g/mol. The maximum absolute atomic E-state index is 12.0. The van der Waals surface area contributed by atoms with Gasteiger partial charge in [0.15, 0.2) is 5.96 Å². The van der Waals surface area contributed by atoms with Crippen molar-refractivity contribution in [2.24, 2.45) is 4.99 Å². The van der Waals surface area contributed by atoms with Crippen LogP contribution < -0.4 is 10.6 Å². The second-order valence-electron chi connectivity index (χ2n) is 7.38. The second-order valence-corrected chi connectivity index (χ2v) is 8.41. The van der Waals surface area contributed by atoms with E-state index in [9.17, 15) is 4.79 Å². The van der Waals surface area contributed by atoms with Crippen molar-refractivity contribution in [3.05, 3.63) is 15.6 Å². The number of hydrogen-bond acceptors (Lipinski definition) is 6. The van der Waals surface area contributed by atoms with Crippen LogP contribution in [-0.4, -0.2) is 60.1 Å². The predicted octanol–water partition coefficient (Wildman–Crippen LogP) is 3.12. The Kier molecular flexibility index (Phi) is 8.69. The number of guanidine groups is 1. The van der Waals surface area contributed by atoms with Gasteiger partial charge < -0.3 is 15.4 Å². The molecule has 1 aliphatic carbocycles. The predicted molar refractivity (Wildman–Crippen MR) is 115 cm³/mol. The number of nitrogens with one attached hydrogen (secondary N) is 2. The van der Waals surface area contributed by atoms with Gasteiger partial charge in [-0.3, -0.25) is 9.89 Å². The Balaban J connectivity index is 1.98. The molecule has 1 unspecified atom stereocenters. The van der Waals surface area contributed by atoms with E-state index < -0.39 is 0 Å². The van der Waals surface area contributed by atoms with Gasteiger partial charge in [0.05, 0.1) is 24.9 Å². The second kappa shape index (κ2) is 10.8. The highest BCUT2D eigenvalue weighted by molar-refractivity contribution is 7.13. The number of thiazole rings is 1. The topological polar surface area (TPSA) is 78.9 Å². The fraction of sp³-hybridized carbons (Fsp3) is 0.750. The maximum Gasteiger partial charge on any atom is 0.350 e. The molecule has 0 radical (unpaired) electrons. The van der Waals surface area contributed by atoms with Crippen molar-refractivity contribution in [2.45, 2.75) is 72.5 Å². The van der Waals surface area contributed by atoms with Crippen molar-refractivity contribution in [3.8, 4) is 0 Å². The van der Waals surface area contributed by atoms with Gasteiger partial charge in [0.1, 0.15) is 9.88 Å². The summed E-state index contributed by atoms with van der Waals surface area (Å²) < 4.78 is 5.11. The van der Waals surface area contributed by atoms with Crippen molar-refractivity contribution < 1.29 is 9.53 Å². The van der Waals surface area contributed by atoms with Crippen LogP contribution in [0.5, 0.6) is 0 Å². The highest BCUT2D eigenvalue weighted by atomic mass is 32.1. The lowest BCUT2D eigenvalue weighted by molar-refractivity contribution is 0.0531. The molecule has 28 heavy (non-hydrogen) atoms. The molecule has 7 nitrogen and oxygen atoms in total. The summed E-state index contributed by atoms with van der Waals surface area (Å²) in [5.41, 5.74) is 0.714. The van der Waals surface area contributed by atoms with E-state index in [1.54, 1.807) is 0 Å². The number of nitrogens with zero attached hydrogens (tertiary/aromatic N) is 3. The Bertz CT molecular complexity index is 668. The first-order valence-corrected chi connectivity index (χ1v) is 11.1. The van der Waals surface area contributed by atoms with Crippen LogP contribution in [0.1, 0.15) is 73.9 Å². The molecule has 1 atom stereocenters. The van der Waals surface area contributed by atoms with Gasteiger partial charge in [0, 0.05) is 25.2 Å². The lowest BCUT2D eigenvalue weighted by Gasteiger charge is -2.25. The van der Waals surface area contributed by atoms with Gasteiger partial charge in [-0.1, -0.05) is 0 Å². The molecule has 0 bridgehead atoms. The SMILES string of the molecule is CCNC(=NCCN(C(C)C)C1CC1)NC(C)c1nc(C)c(C(=O)OCC)s1. The van der Waals surface area contributed by atoms with E-state index in [1.165, 1.54) is 24.2 Å². The number of ether oxygens (including phenoxy) is 1. The summed E-state index contributed by atoms with van der Waals surface area (Å²) in [5, 5.41) is 7.57. The molecule has 0 aromatic carbocycles. The van der Waals surface area contributed by atoms with Crippen LogP contribution in [0, 0.1) is 6.92 Å². The van der Waals surface area contributed by atoms with Crippen LogP contribution >= 0.6 is 11.3 Å². The molecule has 1 fully saturated rings.